The van der Waals surface area contributed by atoms with E-state index in [-0.39, 0.29) is 6.61 Å². The molecule has 0 aliphatic heterocycles. The fourth-order valence-corrected chi connectivity index (χ4v) is 1.21. The van der Waals surface area contributed by atoms with Crippen LogP contribution in [0.15, 0.2) is 0 Å². The topological polar surface area (TPSA) is 20.2 Å². The van der Waals surface area contributed by atoms with Gasteiger partial charge in [-0.1, -0.05) is 48.5 Å². The molecular weight excluding hydrogens is 192 g/mol. The Balaban J connectivity index is 2.89. The first-order valence-electron chi connectivity index (χ1n) is 4.06. The minimum Gasteiger partial charge on any atom is -0.395 e. The zero-order chi connectivity index (χ0) is 7.82. The van der Waals surface area contributed by atoms with E-state index in [1.807, 2.05) is 0 Å². The van der Waals surface area contributed by atoms with Crippen molar-refractivity contribution < 1.29 is 5.11 Å². The third-order valence-electron chi connectivity index (χ3n) is 1.57. The van der Waals surface area contributed by atoms with Gasteiger partial charge in [-0.2, -0.15) is 0 Å². The smallest absolute Gasteiger partial charge is 0.0556 e. The highest BCUT2D eigenvalue weighted by molar-refractivity contribution is 9.09. The van der Waals surface area contributed by atoms with Crippen molar-refractivity contribution in [3.05, 3.63) is 0 Å². The number of hydrogen-bond acceptors (Lipinski definition) is 1. The van der Waals surface area contributed by atoms with Crippen LogP contribution in [0.25, 0.3) is 0 Å². The Morgan fingerprint density at radius 1 is 1.30 bits per heavy atom. The third-order valence-corrected chi connectivity index (χ3v) is 2.32. The number of halogens is 1. The predicted octanol–water partition coefficient (Wildman–Crippen LogP) is 2.71. The fourth-order valence-electron chi connectivity index (χ4n) is 0.884. The minimum absolute atomic E-state index is 0.270. The number of hydrogen-bond donors (Lipinski definition) is 1. The maximum Gasteiger partial charge on any atom is 0.0556 e. The number of aliphatic hydroxyl groups excluding tert-OH is 1. The molecule has 0 bridgehead atoms. The van der Waals surface area contributed by atoms with Crippen LogP contribution < -0.4 is 0 Å². The van der Waals surface area contributed by atoms with Gasteiger partial charge in [0.1, 0.15) is 0 Å². The van der Waals surface area contributed by atoms with Gasteiger partial charge < -0.3 is 5.11 Å². The highest BCUT2D eigenvalue weighted by atomic mass is 79.9. The molecule has 0 aromatic carbocycles. The molecule has 0 amide bonds. The molecule has 0 aliphatic rings. The Morgan fingerprint density at radius 3 is 2.50 bits per heavy atom. The van der Waals surface area contributed by atoms with Crippen molar-refractivity contribution in [1.29, 1.82) is 0 Å². The maximum atomic E-state index is 8.64. The molecule has 0 fully saturated rings. The van der Waals surface area contributed by atoms with Gasteiger partial charge in [-0.05, 0) is 6.42 Å². The summed E-state index contributed by atoms with van der Waals surface area (Å²) in [5, 5.41) is 8.64. The molecule has 2 heteroatoms. The average Bonchev–Trinajstić information content (AvgIpc) is 1.98. The van der Waals surface area contributed by atoms with Crippen molar-refractivity contribution in [2.75, 3.05) is 6.61 Å². The Morgan fingerprint density at radius 2 is 2.00 bits per heavy atom. The van der Waals surface area contributed by atoms with Crippen LogP contribution in [-0.4, -0.2) is 16.5 Å². The third kappa shape index (κ3) is 6.56. The molecule has 10 heavy (non-hydrogen) atoms. The standard InChI is InChI=1S/C8H17BrO/c1-2-3-4-5-6-8(9)7-10/h8,10H,2-7H2,1H3/t8-/m0/s1. The summed E-state index contributed by atoms with van der Waals surface area (Å²) in [5.74, 6) is 0. The second kappa shape index (κ2) is 7.55. The first-order valence-corrected chi connectivity index (χ1v) is 4.97. The van der Waals surface area contributed by atoms with E-state index in [0.29, 0.717) is 4.83 Å². The molecule has 62 valence electrons. The summed E-state index contributed by atoms with van der Waals surface area (Å²) >= 11 is 3.38. The van der Waals surface area contributed by atoms with Gasteiger partial charge in [0, 0.05) is 4.83 Å². The summed E-state index contributed by atoms with van der Waals surface area (Å²) in [5.41, 5.74) is 0. The summed E-state index contributed by atoms with van der Waals surface area (Å²) in [7, 11) is 0. The Bertz CT molecular complexity index is 66.3. The summed E-state index contributed by atoms with van der Waals surface area (Å²) in [6.07, 6.45) is 6.26. The summed E-state index contributed by atoms with van der Waals surface area (Å²) < 4.78 is 0. The first-order chi connectivity index (χ1) is 4.81. The lowest BCUT2D eigenvalue weighted by molar-refractivity contribution is 0.290. The van der Waals surface area contributed by atoms with Crippen LogP contribution in [0.4, 0.5) is 0 Å². The van der Waals surface area contributed by atoms with Gasteiger partial charge in [0.05, 0.1) is 6.61 Å². The van der Waals surface area contributed by atoms with Crippen LogP contribution >= 0.6 is 15.9 Å². The lowest BCUT2D eigenvalue weighted by atomic mass is 10.1. The van der Waals surface area contributed by atoms with Gasteiger partial charge in [-0.15, -0.1) is 0 Å². The lowest BCUT2D eigenvalue weighted by Crippen LogP contribution is -2.02. The van der Waals surface area contributed by atoms with Crippen molar-refractivity contribution in [2.24, 2.45) is 0 Å². The van der Waals surface area contributed by atoms with Gasteiger partial charge in [0.25, 0.3) is 0 Å². The van der Waals surface area contributed by atoms with Gasteiger partial charge in [0.2, 0.25) is 0 Å². The van der Waals surface area contributed by atoms with Crippen LogP contribution in [0.1, 0.15) is 39.0 Å². The van der Waals surface area contributed by atoms with Crippen molar-refractivity contribution in [1.82, 2.24) is 0 Å². The van der Waals surface area contributed by atoms with Gasteiger partial charge in [-0.25, -0.2) is 0 Å². The highest BCUT2D eigenvalue weighted by Crippen LogP contribution is 2.10. The molecule has 0 aromatic heterocycles. The monoisotopic (exact) mass is 208 g/mol. The van der Waals surface area contributed by atoms with Crippen LogP contribution in [-0.2, 0) is 0 Å². The van der Waals surface area contributed by atoms with Crippen molar-refractivity contribution >= 4 is 15.9 Å². The normalized spacial score (nSPS) is 13.5. The molecule has 0 spiro atoms. The average molecular weight is 209 g/mol. The van der Waals surface area contributed by atoms with E-state index in [0.717, 1.165) is 6.42 Å². The zero-order valence-corrected chi connectivity index (χ0v) is 8.23. The Kier molecular flexibility index (Phi) is 7.88. The molecular formula is C8H17BrO. The number of alkyl halides is 1. The van der Waals surface area contributed by atoms with Crippen molar-refractivity contribution in [3.63, 3.8) is 0 Å². The maximum absolute atomic E-state index is 8.64. The molecule has 1 N–H and O–H groups in total. The number of rotatable bonds is 6. The van der Waals surface area contributed by atoms with E-state index in [4.69, 9.17) is 5.11 Å². The molecule has 0 heterocycles. The lowest BCUT2D eigenvalue weighted by Gasteiger charge is -2.03. The van der Waals surface area contributed by atoms with E-state index >= 15 is 0 Å². The summed E-state index contributed by atoms with van der Waals surface area (Å²) in [4.78, 5) is 0.323. The first kappa shape index (κ1) is 10.4. The van der Waals surface area contributed by atoms with E-state index in [9.17, 15) is 0 Å². The van der Waals surface area contributed by atoms with E-state index < -0.39 is 0 Å². The SMILES string of the molecule is CCCCCC[C@H](Br)CO. The number of unbranched alkanes of at least 4 members (excludes halogenated alkanes) is 3. The van der Waals surface area contributed by atoms with E-state index in [2.05, 4.69) is 22.9 Å². The van der Waals surface area contributed by atoms with E-state index in [1.165, 1.54) is 25.7 Å². The van der Waals surface area contributed by atoms with Crippen molar-refractivity contribution in [3.8, 4) is 0 Å². The molecule has 0 rings (SSSR count). The molecule has 1 nitrogen and oxygen atoms in total. The Hall–Kier alpha value is 0.440. The zero-order valence-electron chi connectivity index (χ0n) is 6.65. The van der Waals surface area contributed by atoms with Crippen LogP contribution in [0, 0.1) is 0 Å². The molecule has 0 unspecified atom stereocenters. The van der Waals surface area contributed by atoms with Crippen LogP contribution in [0.2, 0.25) is 0 Å². The second-order valence-electron chi connectivity index (χ2n) is 2.63. The molecule has 0 saturated heterocycles. The second-order valence-corrected chi connectivity index (χ2v) is 3.92. The quantitative estimate of drug-likeness (QED) is 0.526. The molecule has 0 saturated carbocycles. The van der Waals surface area contributed by atoms with Gasteiger partial charge in [0.15, 0.2) is 0 Å². The largest absolute Gasteiger partial charge is 0.395 e. The highest BCUT2D eigenvalue weighted by Gasteiger charge is 1.99. The number of aliphatic hydroxyl groups is 1. The van der Waals surface area contributed by atoms with Crippen LogP contribution in [0.3, 0.4) is 0 Å². The fraction of sp³-hybridized carbons (Fsp3) is 1.00. The molecule has 0 aliphatic carbocycles. The van der Waals surface area contributed by atoms with E-state index in [1.54, 1.807) is 0 Å². The van der Waals surface area contributed by atoms with Crippen LogP contribution in [0.5, 0.6) is 0 Å². The minimum atomic E-state index is 0.270. The summed E-state index contributed by atoms with van der Waals surface area (Å²) in [6.45, 7) is 2.48. The predicted molar refractivity (Wildman–Crippen MR) is 48.6 cm³/mol. The van der Waals surface area contributed by atoms with Gasteiger partial charge in [-0.3, -0.25) is 0 Å². The molecule has 1 atom stereocenters. The molecule has 0 aromatic rings. The Labute approximate surface area is 72.0 Å². The molecule has 0 radical (unpaired) electrons. The van der Waals surface area contributed by atoms with Gasteiger partial charge >= 0.3 is 0 Å². The van der Waals surface area contributed by atoms with Crippen molar-refractivity contribution in [2.45, 2.75) is 43.9 Å². The summed E-state index contributed by atoms with van der Waals surface area (Å²) in [6, 6.07) is 0.